The van der Waals surface area contributed by atoms with E-state index in [1.165, 1.54) is 13.8 Å². The van der Waals surface area contributed by atoms with Crippen molar-refractivity contribution in [1.29, 1.82) is 0 Å². The predicted octanol–water partition coefficient (Wildman–Crippen LogP) is 0.118. The molecule has 0 amide bonds. The van der Waals surface area contributed by atoms with Crippen LogP contribution in [0.25, 0.3) is 0 Å². The lowest BCUT2D eigenvalue weighted by molar-refractivity contribution is -0.124. The third-order valence-electron chi connectivity index (χ3n) is 0.588. The molecule has 0 radical (unpaired) electrons. The average molecular weight is 105 g/mol. The molecule has 0 aromatic heterocycles. The minimum absolute atomic E-state index is 0. The minimum atomic E-state index is -0.787. The molecule has 0 spiro atoms. The molecule has 0 aliphatic carbocycles. The predicted molar refractivity (Wildman–Crippen MR) is 27.4 cm³/mol. The lowest BCUT2D eigenvalue weighted by atomic mass is 10.3. The van der Waals surface area contributed by atoms with Gasteiger partial charge < -0.3 is 11.3 Å². The van der Waals surface area contributed by atoms with E-state index in [0.717, 1.165) is 0 Å². The number of hydrogen-bond donors (Lipinski definition) is 2. The summed E-state index contributed by atoms with van der Waals surface area (Å²) in [4.78, 5) is 9.89. The molecule has 44 valence electrons. The average Bonchev–Trinajstić information content (AvgIpc) is 1.36. The fraction of sp³-hybridized carbons (Fsp3) is 0.750. The highest BCUT2D eigenvalue weighted by atomic mass is 16.3. The van der Waals surface area contributed by atoms with Crippen LogP contribution in [0.1, 0.15) is 13.8 Å². The van der Waals surface area contributed by atoms with Crippen molar-refractivity contribution in [3.8, 4) is 0 Å². The zero-order chi connectivity index (χ0) is 5.15. The van der Waals surface area contributed by atoms with E-state index in [9.17, 15) is 4.79 Å². The van der Waals surface area contributed by atoms with Gasteiger partial charge in [0.05, 0.1) is 0 Å². The number of carbonyl (C=O) groups excluding carboxylic acids is 1. The molecule has 0 aromatic carbocycles. The summed E-state index contributed by atoms with van der Waals surface area (Å²) in [5.41, 5.74) is 0. The molecule has 7 heavy (non-hydrogen) atoms. The van der Waals surface area contributed by atoms with Crippen molar-refractivity contribution in [3.05, 3.63) is 0 Å². The highest BCUT2D eigenvalue weighted by Crippen LogP contribution is 1.76. The first-order valence-corrected chi connectivity index (χ1v) is 1.83. The summed E-state index contributed by atoms with van der Waals surface area (Å²) in [5.74, 6) is -0.185. The maximum atomic E-state index is 9.89. The molecular formula is C4H11NO2. The van der Waals surface area contributed by atoms with Crippen molar-refractivity contribution in [3.63, 3.8) is 0 Å². The van der Waals surface area contributed by atoms with Crippen LogP contribution < -0.4 is 6.15 Å². The SMILES string of the molecule is CC(=O)C(C)O.N. The Morgan fingerprint density at radius 3 is 1.86 bits per heavy atom. The number of hydrogen-bond acceptors (Lipinski definition) is 3. The van der Waals surface area contributed by atoms with Crippen LogP contribution in [-0.2, 0) is 4.79 Å². The second kappa shape index (κ2) is 3.77. The molecule has 0 saturated carbocycles. The Morgan fingerprint density at radius 2 is 1.86 bits per heavy atom. The van der Waals surface area contributed by atoms with E-state index in [0.29, 0.717) is 0 Å². The van der Waals surface area contributed by atoms with E-state index < -0.39 is 6.10 Å². The molecule has 4 N–H and O–H groups in total. The topological polar surface area (TPSA) is 72.3 Å². The fourth-order valence-corrected chi connectivity index (χ4v) is 0. The van der Waals surface area contributed by atoms with E-state index in [2.05, 4.69) is 0 Å². The third-order valence-corrected chi connectivity index (χ3v) is 0.588. The molecule has 1 unspecified atom stereocenters. The summed E-state index contributed by atoms with van der Waals surface area (Å²) in [7, 11) is 0. The Kier molecular flexibility index (Phi) is 5.26. The normalized spacial score (nSPS) is 11.9. The monoisotopic (exact) mass is 105 g/mol. The quantitative estimate of drug-likeness (QED) is 0.497. The first kappa shape index (κ1) is 9.77. The van der Waals surface area contributed by atoms with Crippen LogP contribution in [0.3, 0.4) is 0 Å². The van der Waals surface area contributed by atoms with Gasteiger partial charge in [0, 0.05) is 0 Å². The zero-order valence-electron chi connectivity index (χ0n) is 4.64. The number of ketones is 1. The van der Waals surface area contributed by atoms with Crippen LogP contribution in [0.5, 0.6) is 0 Å². The van der Waals surface area contributed by atoms with Gasteiger partial charge in [-0.1, -0.05) is 0 Å². The van der Waals surface area contributed by atoms with E-state index >= 15 is 0 Å². The van der Waals surface area contributed by atoms with Gasteiger partial charge in [-0.15, -0.1) is 0 Å². The van der Waals surface area contributed by atoms with Crippen molar-refractivity contribution in [2.45, 2.75) is 20.0 Å². The Labute approximate surface area is 42.9 Å². The largest absolute Gasteiger partial charge is 0.386 e. The summed E-state index contributed by atoms with van der Waals surface area (Å²) >= 11 is 0. The summed E-state index contributed by atoms with van der Waals surface area (Å²) < 4.78 is 0. The molecule has 0 aromatic rings. The minimum Gasteiger partial charge on any atom is -0.386 e. The van der Waals surface area contributed by atoms with Crippen LogP contribution >= 0.6 is 0 Å². The zero-order valence-corrected chi connectivity index (χ0v) is 4.64. The molecule has 0 saturated heterocycles. The Bertz CT molecular complexity index is 60.7. The van der Waals surface area contributed by atoms with E-state index in [4.69, 9.17) is 5.11 Å². The van der Waals surface area contributed by atoms with Crippen LogP contribution in [0.15, 0.2) is 0 Å². The fourth-order valence-electron chi connectivity index (χ4n) is 0. The highest BCUT2D eigenvalue weighted by Gasteiger charge is 1.97. The Morgan fingerprint density at radius 1 is 1.71 bits per heavy atom. The molecule has 0 fully saturated rings. The van der Waals surface area contributed by atoms with Crippen molar-refractivity contribution in [2.24, 2.45) is 0 Å². The van der Waals surface area contributed by atoms with Gasteiger partial charge in [-0.05, 0) is 13.8 Å². The first-order chi connectivity index (χ1) is 2.64. The van der Waals surface area contributed by atoms with Gasteiger partial charge in [-0.25, -0.2) is 0 Å². The van der Waals surface area contributed by atoms with Gasteiger partial charge in [-0.3, -0.25) is 4.79 Å². The maximum Gasteiger partial charge on any atom is 0.157 e. The maximum absolute atomic E-state index is 9.89. The number of rotatable bonds is 1. The highest BCUT2D eigenvalue weighted by molar-refractivity contribution is 5.79. The number of Topliss-reactive ketones (excluding diaryl/α,β-unsaturated/α-hetero) is 1. The molecule has 0 heterocycles. The second-order valence-corrected chi connectivity index (χ2v) is 1.29. The van der Waals surface area contributed by atoms with Gasteiger partial charge in [0.15, 0.2) is 5.78 Å². The van der Waals surface area contributed by atoms with Gasteiger partial charge >= 0.3 is 0 Å². The summed E-state index contributed by atoms with van der Waals surface area (Å²) in [5, 5.41) is 8.28. The van der Waals surface area contributed by atoms with Crippen molar-refractivity contribution >= 4 is 5.78 Å². The molecule has 3 heteroatoms. The molecule has 1 atom stereocenters. The Balaban J connectivity index is 0. The van der Waals surface area contributed by atoms with Crippen LogP contribution in [-0.4, -0.2) is 17.0 Å². The van der Waals surface area contributed by atoms with Crippen LogP contribution in [0, 0.1) is 0 Å². The molecule has 0 aliphatic rings. The van der Waals surface area contributed by atoms with Gasteiger partial charge in [0.25, 0.3) is 0 Å². The number of aliphatic hydroxyl groups is 1. The standard InChI is InChI=1S/C4H8O2.H3N/c1-3(5)4(2)6;/h3,5H,1-2H3;1H3. The van der Waals surface area contributed by atoms with Crippen molar-refractivity contribution in [2.75, 3.05) is 0 Å². The van der Waals surface area contributed by atoms with E-state index in [1.54, 1.807) is 0 Å². The van der Waals surface area contributed by atoms with Gasteiger partial charge in [-0.2, -0.15) is 0 Å². The van der Waals surface area contributed by atoms with Crippen molar-refractivity contribution < 1.29 is 9.90 Å². The van der Waals surface area contributed by atoms with E-state index in [-0.39, 0.29) is 11.9 Å². The molecule has 3 nitrogen and oxygen atoms in total. The summed E-state index contributed by atoms with van der Waals surface area (Å²) in [6.45, 7) is 2.80. The molecule has 0 aliphatic heterocycles. The Hall–Kier alpha value is -0.410. The lowest BCUT2D eigenvalue weighted by Gasteiger charge is -1.90. The molecule has 0 bridgehead atoms. The van der Waals surface area contributed by atoms with E-state index in [1.807, 2.05) is 0 Å². The molecular weight excluding hydrogens is 94.0 g/mol. The second-order valence-electron chi connectivity index (χ2n) is 1.29. The molecule has 0 rings (SSSR count). The van der Waals surface area contributed by atoms with Gasteiger partial charge in [0.1, 0.15) is 6.10 Å². The third kappa shape index (κ3) is 5.59. The lowest BCUT2D eigenvalue weighted by Crippen LogP contribution is -2.10. The van der Waals surface area contributed by atoms with Crippen molar-refractivity contribution in [1.82, 2.24) is 6.15 Å². The van der Waals surface area contributed by atoms with Crippen LogP contribution in [0.2, 0.25) is 0 Å². The first-order valence-electron chi connectivity index (χ1n) is 1.83. The summed E-state index contributed by atoms with van der Waals surface area (Å²) in [6.07, 6.45) is -0.787. The number of aliphatic hydroxyl groups excluding tert-OH is 1. The van der Waals surface area contributed by atoms with Gasteiger partial charge in [0.2, 0.25) is 0 Å². The summed E-state index contributed by atoms with van der Waals surface area (Å²) in [6, 6.07) is 0. The van der Waals surface area contributed by atoms with Crippen LogP contribution in [0.4, 0.5) is 0 Å². The number of carbonyl (C=O) groups is 1. The smallest absolute Gasteiger partial charge is 0.157 e.